The van der Waals surface area contributed by atoms with Crippen molar-refractivity contribution in [1.82, 2.24) is 14.9 Å². The highest BCUT2D eigenvalue weighted by molar-refractivity contribution is 5.95. The normalized spacial score (nSPS) is 16.6. The summed E-state index contributed by atoms with van der Waals surface area (Å²) in [4.78, 5) is 22.7. The first kappa shape index (κ1) is 22.1. The van der Waals surface area contributed by atoms with Gasteiger partial charge in [0.05, 0.1) is 31.2 Å². The van der Waals surface area contributed by atoms with Gasteiger partial charge < -0.3 is 19.7 Å². The van der Waals surface area contributed by atoms with Crippen LogP contribution in [0, 0.1) is 5.82 Å². The van der Waals surface area contributed by atoms with Crippen LogP contribution < -0.4 is 15.0 Å². The second-order valence-corrected chi connectivity index (χ2v) is 7.52. The number of hydrogen-bond donors (Lipinski definition) is 1. The van der Waals surface area contributed by atoms with Gasteiger partial charge in [0, 0.05) is 25.7 Å². The van der Waals surface area contributed by atoms with E-state index in [1.54, 1.807) is 4.90 Å². The van der Waals surface area contributed by atoms with Crippen molar-refractivity contribution in [3.8, 4) is 5.75 Å². The summed E-state index contributed by atoms with van der Waals surface area (Å²) >= 11 is 0. The Hall–Kier alpha value is -3.08. The molecule has 11 heteroatoms. The Morgan fingerprint density at radius 1 is 1.31 bits per heavy atom. The van der Waals surface area contributed by atoms with E-state index in [0.717, 1.165) is 25.5 Å². The molecule has 0 spiro atoms. The molecule has 0 radical (unpaired) electrons. The van der Waals surface area contributed by atoms with E-state index in [4.69, 9.17) is 9.47 Å². The van der Waals surface area contributed by atoms with Crippen LogP contribution in [0.2, 0.25) is 0 Å². The standard InChI is InChI=1S/C21H24F3N5O3/c1-25-18-15(22)12-26-21(27-18)29(20(23)24)16-6-5-13(11-17(16)32-14-3-2-4-14)19(30)28-7-9-31-10-8-28/h5-6,11-12,14,20H,2-4,7-10H2,1H3,(H,25,26,27). The molecule has 1 aliphatic heterocycles. The summed E-state index contributed by atoms with van der Waals surface area (Å²) in [5.41, 5.74) is 0.328. The number of amides is 1. The molecule has 1 amide bonds. The van der Waals surface area contributed by atoms with Gasteiger partial charge >= 0.3 is 6.55 Å². The van der Waals surface area contributed by atoms with Crippen molar-refractivity contribution in [3.05, 3.63) is 35.8 Å². The molecular formula is C21H24F3N5O3. The maximum absolute atomic E-state index is 14.2. The Bertz CT molecular complexity index is 968. The molecule has 1 aromatic carbocycles. The van der Waals surface area contributed by atoms with E-state index in [1.807, 2.05) is 0 Å². The lowest BCUT2D eigenvalue weighted by atomic mass is 9.96. The first-order chi connectivity index (χ1) is 15.5. The monoisotopic (exact) mass is 451 g/mol. The average Bonchev–Trinajstić information content (AvgIpc) is 2.78. The van der Waals surface area contributed by atoms with E-state index in [-0.39, 0.29) is 29.3 Å². The van der Waals surface area contributed by atoms with E-state index >= 15 is 0 Å². The van der Waals surface area contributed by atoms with Crippen LogP contribution in [0.3, 0.4) is 0 Å². The molecule has 2 aliphatic rings. The van der Waals surface area contributed by atoms with Crippen LogP contribution in [-0.4, -0.2) is 66.8 Å². The van der Waals surface area contributed by atoms with Gasteiger partial charge in [-0.15, -0.1) is 0 Å². The molecule has 1 saturated heterocycles. The molecule has 32 heavy (non-hydrogen) atoms. The number of carbonyl (C=O) groups is 1. The Morgan fingerprint density at radius 3 is 2.69 bits per heavy atom. The number of hydrogen-bond acceptors (Lipinski definition) is 7. The molecule has 2 aromatic rings. The molecule has 1 saturated carbocycles. The van der Waals surface area contributed by atoms with Gasteiger partial charge in [-0.25, -0.2) is 14.3 Å². The second kappa shape index (κ2) is 9.60. The maximum Gasteiger partial charge on any atom is 0.321 e. The minimum Gasteiger partial charge on any atom is -0.488 e. The molecule has 8 nitrogen and oxygen atoms in total. The van der Waals surface area contributed by atoms with Gasteiger partial charge in [-0.1, -0.05) is 0 Å². The number of aromatic nitrogens is 2. The number of benzene rings is 1. The van der Waals surface area contributed by atoms with Crippen molar-refractivity contribution in [1.29, 1.82) is 0 Å². The summed E-state index contributed by atoms with van der Waals surface area (Å²) in [6.45, 7) is -1.22. The lowest BCUT2D eigenvalue weighted by Crippen LogP contribution is -2.40. The lowest BCUT2D eigenvalue weighted by Gasteiger charge is -2.31. The van der Waals surface area contributed by atoms with E-state index in [1.165, 1.54) is 25.2 Å². The van der Waals surface area contributed by atoms with Crippen molar-refractivity contribution in [2.24, 2.45) is 0 Å². The molecular weight excluding hydrogens is 427 g/mol. The minimum absolute atomic E-state index is 0.000844. The van der Waals surface area contributed by atoms with E-state index in [0.29, 0.717) is 36.8 Å². The predicted molar refractivity (Wildman–Crippen MR) is 111 cm³/mol. The Morgan fingerprint density at radius 2 is 2.06 bits per heavy atom. The highest BCUT2D eigenvalue weighted by Crippen LogP contribution is 2.38. The summed E-state index contributed by atoms with van der Waals surface area (Å²) in [6.07, 6.45) is 3.28. The van der Waals surface area contributed by atoms with Crippen LogP contribution in [0.15, 0.2) is 24.4 Å². The molecule has 4 rings (SSSR count). The van der Waals surface area contributed by atoms with Gasteiger partial charge in [0.25, 0.3) is 5.91 Å². The zero-order valence-corrected chi connectivity index (χ0v) is 17.6. The lowest BCUT2D eigenvalue weighted by molar-refractivity contribution is 0.0302. The van der Waals surface area contributed by atoms with Gasteiger partial charge in [0.2, 0.25) is 5.95 Å². The van der Waals surface area contributed by atoms with Crippen LogP contribution >= 0.6 is 0 Å². The van der Waals surface area contributed by atoms with Crippen LogP contribution in [0.1, 0.15) is 29.6 Å². The number of nitrogens with one attached hydrogen (secondary N) is 1. The summed E-state index contributed by atoms with van der Waals surface area (Å²) in [5, 5.41) is 2.52. The van der Waals surface area contributed by atoms with Crippen LogP contribution in [0.25, 0.3) is 0 Å². The fraction of sp³-hybridized carbons (Fsp3) is 0.476. The quantitative estimate of drug-likeness (QED) is 0.646. The van der Waals surface area contributed by atoms with Crippen molar-refractivity contribution in [3.63, 3.8) is 0 Å². The zero-order valence-electron chi connectivity index (χ0n) is 17.6. The second-order valence-electron chi connectivity index (χ2n) is 7.52. The van der Waals surface area contributed by atoms with Gasteiger partial charge in [0.1, 0.15) is 5.75 Å². The van der Waals surface area contributed by atoms with E-state index in [2.05, 4.69) is 15.3 Å². The van der Waals surface area contributed by atoms with Gasteiger partial charge in [-0.05, 0) is 37.5 Å². The van der Waals surface area contributed by atoms with Crippen molar-refractivity contribution < 1.29 is 27.4 Å². The molecule has 2 fully saturated rings. The van der Waals surface area contributed by atoms with Crippen LogP contribution in [0.5, 0.6) is 5.75 Å². The number of morpholine rings is 1. The SMILES string of the molecule is CNc1nc(N(c2ccc(C(=O)N3CCOCC3)cc2OC2CCC2)C(F)F)ncc1F. The third-order valence-corrected chi connectivity index (χ3v) is 5.49. The topological polar surface area (TPSA) is 79.8 Å². The third-order valence-electron chi connectivity index (χ3n) is 5.49. The number of ether oxygens (including phenoxy) is 2. The molecule has 0 atom stereocenters. The summed E-state index contributed by atoms with van der Waals surface area (Å²) < 4.78 is 53.4. The summed E-state index contributed by atoms with van der Waals surface area (Å²) in [6, 6.07) is 4.33. The Labute approximate surface area is 183 Å². The molecule has 0 bridgehead atoms. The average molecular weight is 451 g/mol. The van der Waals surface area contributed by atoms with Crippen molar-refractivity contribution in [2.75, 3.05) is 43.6 Å². The Kier molecular flexibility index (Phi) is 6.63. The molecule has 1 aromatic heterocycles. The minimum atomic E-state index is -3.03. The third kappa shape index (κ3) is 4.57. The first-order valence-electron chi connectivity index (χ1n) is 10.4. The predicted octanol–water partition coefficient (Wildman–Crippen LogP) is 3.42. The van der Waals surface area contributed by atoms with E-state index in [9.17, 15) is 18.0 Å². The molecule has 0 unspecified atom stereocenters. The number of anilines is 3. The number of carbonyl (C=O) groups excluding carboxylic acids is 1. The largest absolute Gasteiger partial charge is 0.488 e. The molecule has 1 N–H and O–H groups in total. The van der Waals surface area contributed by atoms with Gasteiger partial charge in [-0.2, -0.15) is 13.8 Å². The number of rotatable bonds is 7. The smallest absolute Gasteiger partial charge is 0.321 e. The maximum atomic E-state index is 14.2. The van der Waals surface area contributed by atoms with E-state index < -0.39 is 18.3 Å². The fourth-order valence-corrected chi connectivity index (χ4v) is 3.51. The van der Waals surface area contributed by atoms with Crippen molar-refractivity contribution in [2.45, 2.75) is 31.9 Å². The number of halogens is 3. The fourth-order valence-electron chi connectivity index (χ4n) is 3.51. The molecule has 1 aliphatic carbocycles. The highest BCUT2D eigenvalue weighted by Gasteiger charge is 2.30. The van der Waals surface area contributed by atoms with Gasteiger partial charge in [-0.3, -0.25) is 4.79 Å². The summed E-state index contributed by atoms with van der Waals surface area (Å²) in [7, 11) is 1.43. The highest BCUT2D eigenvalue weighted by atomic mass is 19.3. The van der Waals surface area contributed by atoms with Gasteiger partial charge in [0.15, 0.2) is 11.6 Å². The first-order valence-corrected chi connectivity index (χ1v) is 10.4. The number of nitrogens with zero attached hydrogens (tertiary/aromatic N) is 4. The molecule has 2 heterocycles. The van der Waals surface area contributed by atoms with Crippen LogP contribution in [0.4, 0.5) is 30.6 Å². The number of alkyl halides is 2. The van der Waals surface area contributed by atoms with Crippen molar-refractivity contribution >= 4 is 23.4 Å². The van der Waals surface area contributed by atoms with Crippen LogP contribution in [-0.2, 0) is 4.74 Å². The summed E-state index contributed by atoms with van der Waals surface area (Å²) in [5.74, 6) is -1.45. The zero-order chi connectivity index (χ0) is 22.7. The molecule has 172 valence electrons. The Balaban J connectivity index is 1.72.